The van der Waals surface area contributed by atoms with Gasteiger partial charge in [-0.05, 0) is 29.5 Å². The molecule has 0 saturated carbocycles. The lowest BCUT2D eigenvalue weighted by atomic mass is 9.78. The van der Waals surface area contributed by atoms with Crippen LogP contribution in [-0.4, -0.2) is 51.2 Å². The smallest absolute Gasteiger partial charge is 0.269 e. The maximum absolute atomic E-state index is 10.8. The molecule has 4 N–H and O–H groups in total. The van der Waals surface area contributed by atoms with E-state index < -0.39 is 17.1 Å². The minimum absolute atomic E-state index is 0.0111. The van der Waals surface area contributed by atoms with Crippen molar-refractivity contribution >= 4 is 11.4 Å². The Morgan fingerprint density at radius 1 is 1.17 bits per heavy atom. The maximum Gasteiger partial charge on any atom is 0.269 e. The van der Waals surface area contributed by atoms with Crippen LogP contribution in [0.15, 0.2) is 36.0 Å². The Morgan fingerprint density at radius 3 is 2.41 bits per heavy atom. The van der Waals surface area contributed by atoms with E-state index in [1.807, 2.05) is 5.32 Å². The van der Waals surface area contributed by atoms with Crippen LogP contribution in [-0.2, 0) is 0 Å². The molecule has 0 amide bonds. The number of quaternary nitrogens is 1. The number of nitrogens with two attached hydrogens (primary N) is 1. The van der Waals surface area contributed by atoms with Crippen molar-refractivity contribution in [2.75, 3.05) is 19.7 Å². The molecular formula is C22H33N3O4+2. The van der Waals surface area contributed by atoms with Crippen molar-refractivity contribution in [3.05, 3.63) is 51.7 Å². The summed E-state index contributed by atoms with van der Waals surface area (Å²) in [6.07, 6.45) is 7.02. The fourth-order valence-corrected chi connectivity index (χ4v) is 4.47. The highest BCUT2D eigenvalue weighted by atomic mass is 16.6. The lowest BCUT2D eigenvalue weighted by Crippen LogP contribution is -2.91. The van der Waals surface area contributed by atoms with Gasteiger partial charge in [-0.25, -0.2) is 4.58 Å². The van der Waals surface area contributed by atoms with E-state index >= 15 is 0 Å². The molecule has 29 heavy (non-hydrogen) atoms. The summed E-state index contributed by atoms with van der Waals surface area (Å²) in [4.78, 5) is 10.4. The normalized spacial score (nSPS) is 21.4. The van der Waals surface area contributed by atoms with E-state index in [0.717, 1.165) is 31.6 Å². The second-order valence-corrected chi connectivity index (χ2v) is 9.08. The molecule has 1 heterocycles. The molecule has 3 rings (SSSR count). The number of hydrogen-bond acceptors (Lipinski definition) is 4. The molecule has 1 saturated heterocycles. The minimum atomic E-state index is -0.912. The Morgan fingerprint density at radius 2 is 1.83 bits per heavy atom. The maximum atomic E-state index is 10.8. The number of allylic oxidation sites excluding steroid dienone is 2. The van der Waals surface area contributed by atoms with Gasteiger partial charge < -0.3 is 15.5 Å². The lowest BCUT2D eigenvalue weighted by molar-refractivity contribution is -0.658. The van der Waals surface area contributed by atoms with Gasteiger partial charge in [-0.2, -0.15) is 0 Å². The van der Waals surface area contributed by atoms with Crippen molar-refractivity contribution in [3.8, 4) is 0 Å². The van der Waals surface area contributed by atoms with Crippen LogP contribution in [0.2, 0.25) is 0 Å². The van der Waals surface area contributed by atoms with Gasteiger partial charge in [-0.1, -0.05) is 13.8 Å². The number of benzene rings is 1. The van der Waals surface area contributed by atoms with Gasteiger partial charge in [0.2, 0.25) is 0 Å². The van der Waals surface area contributed by atoms with Crippen LogP contribution in [0.3, 0.4) is 0 Å². The Kier molecular flexibility index (Phi) is 6.82. The molecule has 1 aromatic carbocycles. The largest absolute Gasteiger partial charge is 0.390 e. The molecule has 2 aliphatic rings. The highest BCUT2D eigenvalue weighted by molar-refractivity contribution is 5.92. The van der Waals surface area contributed by atoms with E-state index in [1.165, 1.54) is 37.1 Å². The van der Waals surface area contributed by atoms with Gasteiger partial charge >= 0.3 is 0 Å². The number of aliphatic hydroxyl groups is 2. The van der Waals surface area contributed by atoms with E-state index in [1.54, 1.807) is 12.1 Å². The molecule has 7 heteroatoms. The van der Waals surface area contributed by atoms with E-state index in [9.17, 15) is 20.3 Å². The first kappa shape index (κ1) is 21.6. The second-order valence-electron chi connectivity index (χ2n) is 9.08. The molecule has 1 aliphatic heterocycles. The number of hydrogen-bond donors (Lipinski definition) is 3. The van der Waals surface area contributed by atoms with Crippen LogP contribution in [0, 0.1) is 15.5 Å². The van der Waals surface area contributed by atoms with Gasteiger partial charge in [0.15, 0.2) is 5.71 Å². The third kappa shape index (κ3) is 5.50. The lowest BCUT2D eigenvalue weighted by Gasteiger charge is -2.30. The summed E-state index contributed by atoms with van der Waals surface area (Å²) in [5, 5.41) is 33.5. The molecular weight excluding hydrogens is 370 g/mol. The molecule has 7 nitrogen and oxygen atoms in total. The minimum Gasteiger partial charge on any atom is -0.390 e. The van der Waals surface area contributed by atoms with Crippen LogP contribution in [0.25, 0.3) is 0 Å². The zero-order valence-electron chi connectivity index (χ0n) is 17.4. The summed E-state index contributed by atoms with van der Waals surface area (Å²) in [5.74, 6) is 0. The Balaban J connectivity index is 1.79. The SMILES string of the molecule is CC1(C)CC([NH2+][C@@H](CO)[C@H](O)c2ccc([N+](=O)[O-])cc2)=CC(=[N+]2CCCCC2)C1. The predicted molar refractivity (Wildman–Crippen MR) is 111 cm³/mol. The van der Waals surface area contributed by atoms with Crippen molar-refractivity contribution in [2.24, 2.45) is 5.41 Å². The van der Waals surface area contributed by atoms with Crippen molar-refractivity contribution in [2.45, 2.75) is 58.1 Å². The molecule has 0 aromatic heterocycles. The van der Waals surface area contributed by atoms with Crippen LogP contribution < -0.4 is 5.32 Å². The van der Waals surface area contributed by atoms with Crippen molar-refractivity contribution < 1.29 is 25.0 Å². The summed E-state index contributed by atoms with van der Waals surface area (Å²) in [7, 11) is 0. The van der Waals surface area contributed by atoms with Crippen molar-refractivity contribution in [1.82, 2.24) is 0 Å². The number of nitrogens with zero attached hydrogens (tertiary/aromatic N) is 2. The second kappa shape index (κ2) is 9.15. The molecule has 1 aliphatic carbocycles. The van der Waals surface area contributed by atoms with Crippen LogP contribution in [0.1, 0.15) is 57.6 Å². The van der Waals surface area contributed by atoms with E-state index in [4.69, 9.17) is 0 Å². The molecule has 0 radical (unpaired) electrons. The summed E-state index contributed by atoms with van der Waals surface area (Å²) in [6.45, 7) is 6.54. The van der Waals surface area contributed by atoms with Gasteiger partial charge in [-0.15, -0.1) is 0 Å². The average Bonchev–Trinajstić information content (AvgIpc) is 2.71. The first-order chi connectivity index (χ1) is 13.8. The Bertz CT molecular complexity index is 791. The van der Waals surface area contributed by atoms with Gasteiger partial charge in [0.1, 0.15) is 30.9 Å². The van der Waals surface area contributed by atoms with Gasteiger partial charge in [0.05, 0.1) is 17.6 Å². The number of rotatable bonds is 6. The zero-order valence-corrected chi connectivity index (χ0v) is 17.4. The quantitative estimate of drug-likeness (QED) is 0.383. The van der Waals surface area contributed by atoms with Crippen LogP contribution in [0.5, 0.6) is 0 Å². The summed E-state index contributed by atoms with van der Waals surface area (Å²) in [5.41, 5.74) is 3.19. The molecule has 2 atom stereocenters. The fraction of sp³-hybridized carbons (Fsp3) is 0.591. The van der Waals surface area contributed by atoms with E-state index in [-0.39, 0.29) is 17.7 Å². The topological polar surface area (TPSA) is 103 Å². The van der Waals surface area contributed by atoms with E-state index in [2.05, 4.69) is 24.5 Å². The van der Waals surface area contributed by atoms with E-state index in [0.29, 0.717) is 5.56 Å². The number of nitro groups is 1. The van der Waals surface area contributed by atoms with Crippen LogP contribution in [0.4, 0.5) is 5.69 Å². The highest BCUT2D eigenvalue weighted by Crippen LogP contribution is 2.32. The molecule has 1 aromatic rings. The number of piperidine rings is 1. The van der Waals surface area contributed by atoms with Gasteiger partial charge in [0, 0.05) is 37.8 Å². The molecule has 0 unspecified atom stereocenters. The van der Waals surface area contributed by atoms with Gasteiger partial charge in [-0.3, -0.25) is 10.1 Å². The molecule has 0 bridgehead atoms. The first-order valence-electron chi connectivity index (χ1n) is 10.5. The molecule has 158 valence electrons. The van der Waals surface area contributed by atoms with Crippen molar-refractivity contribution in [3.63, 3.8) is 0 Å². The number of aliphatic hydroxyl groups excluding tert-OH is 2. The van der Waals surface area contributed by atoms with Crippen molar-refractivity contribution in [1.29, 1.82) is 0 Å². The Labute approximate surface area is 171 Å². The Hall–Kier alpha value is -2.09. The zero-order chi connectivity index (χ0) is 21.0. The summed E-state index contributed by atoms with van der Waals surface area (Å²) < 4.78 is 2.49. The monoisotopic (exact) mass is 403 g/mol. The van der Waals surface area contributed by atoms with Crippen LogP contribution >= 0.6 is 0 Å². The predicted octanol–water partition coefficient (Wildman–Crippen LogP) is 1.89. The summed E-state index contributed by atoms with van der Waals surface area (Å²) in [6, 6.07) is 5.43. The standard InChI is InChI=1S/C22H31N3O4/c1-22(2)13-17(12-19(14-22)24-10-4-3-5-11-24)23-20(15-26)21(27)16-6-8-18(9-7-16)25(28)29/h6-9,12,20-21,26-27H,3-5,10-11,13-15H2,1-2H3/p+2/t20-,21+/m0/s1. The third-order valence-corrected chi connectivity index (χ3v) is 5.95. The summed E-state index contributed by atoms with van der Waals surface area (Å²) >= 11 is 0. The average molecular weight is 404 g/mol. The number of nitro benzene ring substituents is 1. The molecule has 0 spiro atoms. The fourth-order valence-electron chi connectivity index (χ4n) is 4.47. The first-order valence-corrected chi connectivity index (χ1v) is 10.5. The molecule has 1 fully saturated rings. The highest BCUT2D eigenvalue weighted by Gasteiger charge is 2.35. The number of non-ortho nitro benzene ring substituents is 1. The third-order valence-electron chi connectivity index (χ3n) is 5.95. The van der Waals surface area contributed by atoms with Gasteiger partial charge in [0.25, 0.3) is 5.69 Å².